The Kier molecular flexibility index (Phi) is 7.66. The van der Waals surface area contributed by atoms with Crippen LogP contribution >= 0.6 is 29.8 Å². The normalized spacial score (nSPS) is 14.8. The maximum Gasteiger partial charge on any atom is 0.286 e. The van der Waals surface area contributed by atoms with Crippen LogP contribution in [-0.4, -0.2) is 22.7 Å². The summed E-state index contributed by atoms with van der Waals surface area (Å²) in [5.74, 6) is -0.763. The smallest absolute Gasteiger partial charge is 0.286 e. The molecule has 0 aliphatic heterocycles. The van der Waals surface area contributed by atoms with Crippen LogP contribution in [0.2, 0.25) is 0 Å². The lowest BCUT2D eigenvalue weighted by Gasteiger charge is -2.13. The summed E-state index contributed by atoms with van der Waals surface area (Å²) >= 11 is 14.7. The van der Waals surface area contributed by atoms with Crippen LogP contribution in [-0.2, 0) is 21.1 Å². The van der Waals surface area contributed by atoms with Crippen LogP contribution in [0.15, 0.2) is 0 Å². The molecule has 0 fully saturated rings. The zero-order chi connectivity index (χ0) is 9.07. The van der Waals surface area contributed by atoms with Gasteiger partial charge < -0.3 is 15.6 Å². The Morgan fingerprint density at radius 1 is 1.75 bits per heavy atom. The van der Waals surface area contributed by atoms with E-state index in [1.807, 2.05) is 5.09 Å². The van der Waals surface area contributed by atoms with Crippen LogP contribution in [0.25, 0.3) is 0 Å². The van der Waals surface area contributed by atoms with Crippen molar-refractivity contribution < 1.29 is 14.2 Å². The second-order valence-electron chi connectivity index (χ2n) is 1.48. The highest BCUT2D eigenvalue weighted by Crippen LogP contribution is 2.35. The van der Waals surface area contributed by atoms with E-state index in [-0.39, 0.29) is 6.15 Å². The zero-order valence-electron chi connectivity index (χ0n) is 6.16. The maximum absolute atomic E-state index is 10.7. The molecule has 0 spiro atoms. The summed E-state index contributed by atoms with van der Waals surface area (Å²) in [6, 6.07) is 0. The number of alkyl halides is 2. The molecule has 0 rings (SSSR count). The third-order valence-electron chi connectivity index (χ3n) is 0.697. The van der Waals surface area contributed by atoms with Gasteiger partial charge in [-0.25, -0.2) is 0 Å². The molecule has 0 bridgehead atoms. The van der Waals surface area contributed by atoms with Gasteiger partial charge in [-0.05, 0) is 11.8 Å². The first-order chi connectivity index (χ1) is 4.89. The topological polar surface area (TPSA) is 93.6 Å². The fourth-order valence-electron chi connectivity index (χ4n) is 0.234. The van der Waals surface area contributed by atoms with Gasteiger partial charge in [-0.1, -0.05) is 23.2 Å². The van der Waals surface area contributed by atoms with Gasteiger partial charge in [-0.3, -0.25) is 9.88 Å². The number of halogens is 2. The highest BCUT2D eigenvalue weighted by Gasteiger charge is 2.19. The lowest BCUT2D eigenvalue weighted by atomic mass is 10.8. The van der Waals surface area contributed by atoms with Crippen LogP contribution in [0.1, 0.15) is 0 Å². The van der Waals surface area contributed by atoms with E-state index in [0.29, 0.717) is 0 Å². The van der Waals surface area contributed by atoms with E-state index in [9.17, 15) is 4.79 Å². The van der Waals surface area contributed by atoms with Crippen molar-refractivity contribution in [3.63, 3.8) is 0 Å². The summed E-state index contributed by atoms with van der Waals surface area (Å²) in [4.78, 5) is 18.4. The molecule has 0 saturated heterocycles. The van der Waals surface area contributed by atoms with E-state index in [0.717, 1.165) is 0 Å². The second kappa shape index (κ2) is 6.10. The lowest BCUT2D eigenvalue weighted by molar-refractivity contribution is -0.117. The number of nitrogens with one attached hydrogen (secondary N) is 1. The Morgan fingerprint density at radius 2 is 2.17 bits per heavy atom. The standard InChI is InChI=1S/C3H6Cl2NO3PS.H3N/c1-9-10(8,11)6-3(7)2(4)5;/h2H,1H3,(H2,6,7,8,11);1H3. The minimum absolute atomic E-state index is 0. The average Bonchev–Trinajstić information content (AvgIpc) is 1.87. The predicted octanol–water partition coefficient (Wildman–Crippen LogP) is 0.931. The van der Waals surface area contributed by atoms with Gasteiger partial charge in [0, 0.05) is 7.11 Å². The summed E-state index contributed by atoms with van der Waals surface area (Å²) in [6.45, 7) is -3.22. The van der Waals surface area contributed by atoms with Gasteiger partial charge in [0.2, 0.25) is 0 Å². The minimum atomic E-state index is -3.22. The Labute approximate surface area is 85.2 Å². The first-order valence-electron chi connectivity index (χ1n) is 2.38. The fraction of sp³-hybridized carbons (Fsp3) is 0.667. The molecule has 0 heterocycles. The first kappa shape index (κ1) is 15.1. The molecule has 0 aromatic rings. The molecule has 5 N–H and O–H groups in total. The number of rotatable bonds is 3. The molecule has 0 saturated carbocycles. The van der Waals surface area contributed by atoms with Crippen molar-refractivity contribution in [1.82, 2.24) is 11.2 Å². The van der Waals surface area contributed by atoms with E-state index in [1.54, 1.807) is 0 Å². The quantitative estimate of drug-likeness (QED) is 0.515. The van der Waals surface area contributed by atoms with E-state index in [2.05, 4.69) is 16.3 Å². The zero-order valence-corrected chi connectivity index (χ0v) is 9.38. The van der Waals surface area contributed by atoms with Crippen molar-refractivity contribution in [2.24, 2.45) is 0 Å². The van der Waals surface area contributed by atoms with E-state index >= 15 is 0 Å². The van der Waals surface area contributed by atoms with Gasteiger partial charge in [0.25, 0.3) is 12.5 Å². The highest BCUT2D eigenvalue weighted by atomic mass is 35.5. The van der Waals surface area contributed by atoms with Crippen molar-refractivity contribution in [2.45, 2.75) is 4.84 Å². The van der Waals surface area contributed by atoms with E-state index < -0.39 is 17.4 Å². The van der Waals surface area contributed by atoms with Crippen LogP contribution in [0.3, 0.4) is 0 Å². The Balaban J connectivity index is 0. The first-order valence-corrected chi connectivity index (χ1v) is 5.92. The number of hydrogen-bond acceptors (Lipinski definition) is 4. The monoisotopic (exact) mass is 254 g/mol. The van der Waals surface area contributed by atoms with Gasteiger partial charge in [-0.15, -0.1) is 0 Å². The third-order valence-corrected chi connectivity index (χ3v) is 2.81. The van der Waals surface area contributed by atoms with Gasteiger partial charge >= 0.3 is 0 Å². The van der Waals surface area contributed by atoms with Crippen molar-refractivity contribution in [2.75, 3.05) is 7.11 Å². The molecule has 9 heteroatoms. The molecule has 1 amide bonds. The molecular weight excluding hydrogens is 246 g/mol. The van der Waals surface area contributed by atoms with Crippen molar-refractivity contribution in [3.8, 4) is 0 Å². The van der Waals surface area contributed by atoms with E-state index in [1.165, 1.54) is 7.11 Å². The predicted molar refractivity (Wildman–Crippen MR) is 52.2 cm³/mol. The Hall–Kier alpha value is 0.580. The summed E-state index contributed by atoms with van der Waals surface area (Å²) in [6.07, 6.45) is 0. The summed E-state index contributed by atoms with van der Waals surface area (Å²) in [7, 11) is 1.18. The largest absolute Gasteiger partial charge is 0.344 e. The SMILES string of the molecule is COP(O)(=S)NC(=O)C(Cl)Cl.N. The maximum atomic E-state index is 10.7. The summed E-state index contributed by atoms with van der Waals surface area (Å²) in [5.41, 5.74) is 0. The van der Waals surface area contributed by atoms with Crippen LogP contribution in [0.5, 0.6) is 0 Å². The summed E-state index contributed by atoms with van der Waals surface area (Å²) in [5, 5.41) is 1.96. The molecular formula is C3H9Cl2N2O3PS. The molecule has 0 radical (unpaired) electrons. The minimum Gasteiger partial charge on any atom is -0.344 e. The molecule has 1 atom stereocenters. The Morgan fingerprint density at radius 3 is 2.42 bits per heavy atom. The number of amides is 1. The molecule has 0 aliphatic carbocycles. The van der Waals surface area contributed by atoms with Crippen molar-refractivity contribution in [3.05, 3.63) is 0 Å². The van der Waals surface area contributed by atoms with Crippen LogP contribution < -0.4 is 11.2 Å². The molecule has 1 unspecified atom stereocenters. The Bertz CT molecular complexity index is 202. The number of carbonyl (C=O) groups excluding carboxylic acids is 1. The van der Waals surface area contributed by atoms with Gasteiger partial charge in [0.05, 0.1) is 0 Å². The molecule has 0 aliphatic rings. The van der Waals surface area contributed by atoms with Crippen LogP contribution in [0, 0.1) is 0 Å². The molecule has 74 valence electrons. The molecule has 0 aromatic heterocycles. The average molecular weight is 255 g/mol. The van der Waals surface area contributed by atoms with E-state index in [4.69, 9.17) is 28.1 Å². The molecule has 12 heavy (non-hydrogen) atoms. The lowest BCUT2D eigenvalue weighted by Crippen LogP contribution is -2.25. The fourth-order valence-corrected chi connectivity index (χ4v) is 1.26. The van der Waals surface area contributed by atoms with Crippen molar-refractivity contribution >= 4 is 47.6 Å². The third kappa shape index (κ3) is 6.14. The van der Waals surface area contributed by atoms with Crippen molar-refractivity contribution in [1.29, 1.82) is 0 Å². The second-order valence-corrected chi connectivity index (χ2v) is 5.69. The van der Waals surface area contributed by atoms with Gasteiger partial charge in [0.15, 0.2) is 4.84 Å². The van der Waals surface area contributed by atoms with Crippen LogP contribution in [0.4, 0.5) is 0 Å². The number of hydrogen-bond donors (Lipinski definition) is 3. The van der Waals surface area contributed by atoms with Gasteiger partial charge in [-0.2, -0.15) is 0 Å². The number of carbonyl (C=O) groups is 1. The molecule has 0 aromatic carbocycles. The van der Waals surface area contributed by atoms with Gasteiger partial charge in [0.1, 0.15) is 0 Å². The molecule has 5 nitrogen and oxygen atoms in total. The summed E-state index contributed by atoms with van der Waals surface area (Å²) < 4.78 is 4.39. The highest BCUT2D eigenvalue weighted by molar-refractivity contribution is 8.08.